The molecular weight excluding hydrogens is 396 g/mol. The first-order valence-corrected chi connectivity index (χ1v) is 11.2. The average molecular weight is 435 g/mol. The standard InChI is InChI=1S/C22H38N6O3/c1-15-16(2)30-19(25-15)14-27-9-7-17(8-10-27)11-24-20(23-6)26-18-12-28(13-18)21(29)31-22(3,4)5/h17-18H,7-14H2,1-6H3,(H2,23,24,26). The monoisotopic (exact) mass is 434 g/mol. The Morgan fingerprint density at radius 1 is 1.26 bits per heavy atom. The lowest BCUT2D eigenvalue weighted by Crippen LogP contribution is -2.63. The first-order valence-electron chi connectivity index (χ1n) is 11.2. The zero-order chi connectivity index (χ0) is 22.6. The number of oxazole rings is 1. The van der Waals surface area contributed by atoms with Crippen molar-refractivity contribution in [3.8, 4) is 0 Å². The van der Waals surface area contributed by atoms with E-state index in [4.69, 9.17) is 9.15 Å². The van der Waals surface area contributed by atoms with Gasteiger partial charge in [-0.1, -0.05) is 0 Å². The maximum Gasteiger partial charge on any atom is 0.410 e. The van der Waals surface area contributed by atoms with Crippen molar-refractivity contribution in [3.63, 3.8) is 0 Å². The molecule has 9 nitrogen and oxygen atoms in total. The molecule has 1 aromatic heterocycles. The van der Waals surface area contributed by atoms with E-state index in [0.29, 0.717) is 19.0 Å². The minimum atomic E-state index is -0.463. The number of aryl methyl sites for hydroxylation is 2. The number of carbonyl (C=O) groups excluding carboxylic acids is 1. The van der Waals surface area contributed by atoms with Gasteiger partial charge in [0.15, 0.2) is 5.96 Å². The second kappa shape index (κ2) is 9.89. The van der Waals surface area contributed by atoms with Gasteiger partial charge < -0.3 is 24.7 Å². The SMILES string of the molecule is CN=C(NCC1CCN(Cc2nc(C)c(C)o2)CC1)NC1CN(C(=O)OC(C)(C)C)C1. The molecule has 0 saturated carbocycles. The van der Waals surface area contributed by atoms with Crippen LogP contribution < -0.4 is 10.6 Å². The summed E-state index contributed by atoms with van der Waals surface area (Å²) in [5.41, 5.74) is 0.517. The lowest BCUT2D eigenvalue weighted by Gasteiger charge is -2.40. The second-order valence-corrected chi connectivity index (χ2v) is 9.65. The van der Waals surface area contributed by atoms with Crippen molar-refractivity contribution in [2.75, 3.05) is 39.8 Å². The Bertz CT molecular complexity index is 751. The number of nitrogens with zero attached hydrogens (tertiary/aromatic N) is 4. The highest BCUT2D eigenvalue weighted by Crippen LogP contribution is 2.19. The molecule has 31 heavy (non-hydrogen) atoms. The highest BCUT2D eigenvalue weighted by molar-refractivity contribution is 5.80. The van der Waals surface area contributed by atoms with E-state index in [1.807, 2.05) is 34.6 Å². The predicted molar refractivity (Wildman–Crippen MR) is 120 cm³/mol. The van der Waals surface area contributed by atoms with Crippen LogP contribution in [0.3, 0.4) is 0 Å². The van der Waals surface area contributed by atoms with Gasteiger partial charge >= 0.3 is 6.09 Å². The molecule has 2 aliphatic rings. The minimum absolute atomic E-state index is 0.202. The molecule has 0 aliphatic carbocycles. The molecule has 0 bridgehead atoms. The molecule has 1 aromatic rings. The van der Waals surface area contributed by atoms with Crippen LogP contribution in [0.15, 0.2) is 9.41 Å². The van der Waals surface area contributed by atoms with Crippen molar-refractivity contribution in [2.45, 2.75) is 65.6 Å². The van der Waals surface area contributed by atoms with Gasteiger partial charge in [0, 0.05) is 26.7 Å². The molecular formula is C22H38N6O3. The van der Waals surface area contributed by atoms with Crippen molar-refractivity contribution in [1.29, 1.82) is 0 Å². The molecule has 0 radical (unpaired) electrons. The third-order valence-electron chi connectivity index (χ3n) is 5.79. The Labute approximate surface area is 185 Å². The van der Waals surface area contributed by atoms with Gasteiger partial charge in [-0.25, -0.2) is 9.78 Å². The summed E-state index contributed by atoms with van der Waals surface area (Å²) in [6, 6.07) is 0.202. The third kappa shape index (κ3) is 6.85. The molecule has 3 heterocycles. The van der Waals surface area contributed by atoms with Crippen molar-refractivity contribution in [2.24, 2.45) is 10.9 Å². The van der Waals surface area contributed by atoms with Gasteiger partial charge in [0.25, 0.3) is 0 Å². The Morgan fingerprint density at radius 2 is 1.94 bits per heavy atom. The molecule has 9 heteroatoms. The van der Waals surface area contributed by atoms with Crippen molar-refractivity contribution >= 4 is 12.1 Å². The molecule has 0 atom stereocenters. The van der Waals surface area contributed by atoms with Crippen LogP contribution in [0.1, 0.15) is 51.0 Å². The van der Waals surface area contributed by atoms with Crippen LogP contribution in [0, 0.1) is 19.8 Å². The number of hydrogen-bond donors (Lipinski definition) is 2. The summed E-state index contributed by atoms with van der Waals surface area (Å²) in [4.78, 5) is 25.0. The molecule has 174 valence electrons. The van der Waals surface area contributed by atoms with Crippen LogP contribution in [0.4, 0.5) is 4.79 Å². The van der Waals surface area contributed by atoms with Gasteiger partial charge in [0.05, 0.1) is 18.3 Å². The summed E-state index contributed by atoms with van der Waals surface area (Å²) in [6.45, 7) is 14.6. The summed E-state index contributed by atoms with van der Waals surface area (Å²) in [5, 5.41) is 6.85. The quantitative estimate of drug-likeness (QED) is 0.542. The smallest absolute Gasteiger partial charge is 0.410 e. The number of guanidine groups is 1. The highest BCUT2D eigenvalue weighted by atomic mass is 16.6. The molecule has 0 unspecified atom stereocenters. The van der Waals surface area contributed by atoms with Gasteiger partial charge in [-0.05, 0) is 66.5 Å². The third-order valence-corrected chi connectivity index (χ3v) is 5.79. The number of hydrogen-bond acceptors (Lipinski definition) is 6. The van der Waals surface area contributed by atoms with Crippen molar-refractivity contribution in [3.05, 3.63) is 17.3 Å². The number of rotatable bonds is 5. The number of carbonyl (C=O) groups is 1. The number of amides is 1. The summed E-state index contributed by atoms with van der Waals surface area (Å²) < 4.78 is 11.1. The van der Waals surface area contributed by atoms with Gasteiger partial charge in [0.1, 0.15) is 11.4 Å². The van der Waals surface area contributed by atoms with Crippen LogP contribution in [0.25, 0.3) is 0 Å². The Balaban J connectivity index is 1.32. The Kier molecular flexibility index (Phi) is 7.46. The zero-order valence-electron chi connectivity index (χ0n) is 19.8. The molecule has 0 spiro atoms. The summed E-state index contributed by atoms with van der Waals surface area (Å²) in [5.74, 6) is 3.13. The minimum Gasteiger partial charge on any atom is -0.444 e. The summed E-state index contributed by atoms with van der Waals surface area (Å²) in [6.07, 6.45) is 2.02. The number of aliphatic imine (C=N–C) groups is 1. The molecule has 2 aliphatic heterocycles. The number of nitrogens with one attached hydrogen (secondary N) is 2. The fraction of sp³-hybridized carbons (Fsp3) is 0.773. The predicted octanol–water partition coefficient (Wildman–Crippen LogP) is 2.29. The number of piperidine rings is 1. The second-order valence-electron chi connectivity index (χ2n) is 9.65. The molecule has 2 fully saturated rings. The fourth-order valence-electron chi connectivity index (χ4n) is 3.82. The fourth-order valence-corrected chi connectivity index (χ4v) is 3.82. The van der Waals surface area contributed by atoms with E-state index >= 15 is 0 Å². The van der Waals surface area contributed by atoms with Crippen LogP contribution in [0.2, 0.25) is 0 Å². The van der Waals surface area contributed by atoms with Crippen LogP contribution in [-0.4, -0.2) is 78.3 Å². The largest absolute Gasteiger partial charge is 0.444 e. The van der Waals surface area contributed by atoms with E-state index in [2.05, 4.69) is 25.5 Å². The number of ether oxygens (including phenoxy) is 1. The topological polar surface area (TPSA) is 95.2 Å². The van der Waals surface area contributed by atoms with Gasteiger partial charge in [-0.2, -0.15) is 0 Å². The first kappa shape index (κ1) is 23.4. The van der Waals surface area contributed by atoms with E-state index in [-0.39, 0.29) is 12.1 Å². The highest BCUT2D eigenvalue weighted by Gasteiger charge is 2.34. The lowest BCUT2D eigenvalue weighted by atomic mass is 9.97. The van der Waals surface area contributed by atoms with Gasteiger partial charge in [-0.3, -0.25) is 9.89 Å². The molecule has 3 rings (SSSR count). The van der Waals surface area contributed by atoms with Crippen LogP contribution in [0.5, 0.6) is 0 Å². The zero-order valence-corrected chi connectivity index (χ0v) is 19.8. The molecule has 1 amide bonds. The Hall–Kier alpha value is -2.29. The number of likely N-dealkylation sites (tertiary alicyclic amines) is 2. The maximum absolute atomic E-state index is 12.0. The van der Waals surface area contributed by atoms with E-state index in [1.165, 1.54) is 0 Å². The maximum atomic E-state index is 12.0. The first-order chi connectivity index (χ1) is 14.6. The summed E-state index contributed by atoms with van der Waals surface area (Å²) in [7, 11) is 1.78. The van der Waals surface area contributed by atoms with Gasteiger partial charge in [0.2, 0.25) is 5.89 Å². The van der Waals surface area contributed by atoms with Gasteiger partial charge in [-0.15, -0.1) is 0 Å². The van der Waals surface area contributed by atoms with Crippen molar-refractivity contribution in [1.82, 2.24) is 25.4 Å². The normalized spacial score (nSPS) is 19.3. The Morgan fingerprint density at radius 3 is 2.48 bits per heavy atom. The van der Waals surface area contributed by atoms with Crippen LogP contribution in [-0.2, 0) is 11.3 Å². The molecule has 2 N–H and O–H groups in total. The van der Waals surface area contributed by atoms with E-state index in [1.54, 1.807) is 11.9 Å². The number of aromatic nitrogens is 1. The van der Waals surface area contributed by atoms with E-state index < -0.39 is 5.60 Å². The lowest BCUT2D eigenvalue weighted by molar-refractivity contribution is 0.00700. The molecule has 0 aromatic carbocycles. The summed E-state index contributed by atoms with van der Waals surface area (Å²) >= 11 is 0. The average Bonchev–Trinajstić information content (AvgIpc) is 2.97. The van der Waals surface area contributed by atoms with Crippen molar-refractivity contribution < 1.29 is 13.9 Å². The van der Waals surface area contributed by atoms with E-state index in [9.17, 15) is 4.79 Å². The van der Waals surface area contributed by atoms with Crippen LogP contribution >= 0.6 is 0 Å². The van der Waals surface area contributed by atoms with E-state index in [0.717, 1.165) is 62.3 Å². The molecule has 2 saturated heterocycles.